The van der Waals surface area contributed by atoms with E-state index < -0.39 is 11.9 Å². The van der Waals surface area contributed by atoms with Crippen molar-refractivity contribution in [2.75, 3.05) is 28.4 Å². The second kappa shape index (κ2) is 10.8. The van der Waals surface area contributed by atoms with Gasteiger partial charge in [0.25, 0.3) is 0 Å². The second-order valence-electron chi connectivity index (χ2n) is 8.08. The summed E-state index contributed by atoms with van der Waals surface area (Å²) in [6.45, 7) is 0. The van der Waals surface area contributed by atoms with E-state index in [0.717, 1.165) is 5.56 Å². The van der Waals surface area contributed by atoms with Gasteiger partial charge in [0, 0.05) is 11.6 Å². The van der Waals surface area contributed by atoms with Gasteiger partial charge in [-0.25, -0.2) is 0 Å². The minimum absolute atomic E-state index is 0.0459. The van der Waals surface area contributed by atoms with Crippen molar-refractivity contribution < 1.29 is 33.2 Å². The van der Waals surface area contributed by atoms with Crippen molar-refractivity contribution >= 4 is 5.97 Å². The highest BCUT2D eigenvalue weighted by atomic mass is 16.5. The van der Waals surface area contributed by atoms with Crippen molar-refractivity contribution in [2.24, 2.45) is 5.73 Å². The molecule has 0 aliphatic carbocycles. The van der Waals surface area contributed by atoms with Crippen molar-refractivity contribution in [1.29, 1.82) is 5.26 Å². The third-order valence-electron chi connectivity index (χ3n) is 5.95. The molecule has 190 valence electrons. The number of methoxy groups -OCH3 is 4. The maximum atomic E-state index is 12.5. The van der Waals surface area contributed by atoms with Crippen LogP contribution in [0.4, 0.5) is 0 Å². The fourth-order valence-electron chi connectivity index (χ4n) is 4.19. The Hall–Kier alpha value is -4.84. The SMILES string of the molecule is COc1ccc(CC(=O)Oc2ccc3c(c2)OC(N)=C(C#N)C3c2cc(OC)c(OC)c(OC)c2)cc1. The number of nitriles is 1. The molecule has 37 heavy (non-hydrogen) atoms. The van der Waals surface area contributed by atoms with Gasteiger partial charge in [-0.15, -0.1) is 0 Å². The summed E-state index contributed by atoms with van der Waals surface area (Å²) in [5.74, 6) is 1.59. The number of hydrogen-bond donors (Lipinski definition) is 1. The maximum absolute atomic E-state index is 12.5. The molecule has 0 saturated heterocycles. The molecule has 4 rings (SSSR count). The van der Waals surface area contributed by atoms with E-state index in [1.54, 1.807) is 61.7 Å². The molecule has 1 unspecified atom stereocenters. The van der Waals surface area contributed by atoms with Crippen LogP contribution in [0.1, 0.15) is 22.6 Å². The molecule has 3 aromatic carbocycles. The van der Waals surface area contributed by atoms with E-state index in [1.165, 1.54) is 21.3 Å². The molecule has 0 aromatic heterocycles. The van der Waals surface area contributed by atoms with Gasteiger partial charge < -0.3 is 34.2 Å². The van der Waals surface area contributed by atoms with Crippen LogP contribution in [0.5, 0.6) is 34.5 Å². The number of esters is 1. The quantitative estimate of drug-likeness (QED) is 0.358. The normalized spacial score (nSPS) is 14.1. The van der Waals surface area contributed by atoms with Crippen molar-refractivity contribution in [3.05, 3.63) is 82.7 Å². The first-order chi connectivity index (χ1) is 17.9. The lowest BCUT2D eigenvalue weighted by Crippen LogP contribution is -2.21. The molecular weight excluding hydrogens is 476 g/mol. The van der Waals surface area contributed by atoms with Crippen LogP contribution < -0.4 is 34.2 Å². The van der Waals surface area contributed by atoms with Crippen LogP contribution in [0.15, 0.2) is 66.1 Å². The number of allylic oxidation sites excluding steroid dienone is 1. The zero-order valence-corrected chi connectivity index (χ0v) is 20.9. The number of rotatable bonds is 8. The lowest BCUT2D eigenvalue weighted by atomic mass is 9.83. The van der Waals surface area contributed by atoms with Gasteiger partial charge in [-0.1, -0.05) is 18.2 Å². The van der Waals surface area contributed by atoms with Crippen LogP contribution in [-0.2, 0) is 11.2 Å². The van der Waals surface area contributed by atoms with Crippen molar-refractivity contribution in [3.63, 3.8) is 0 Å². The largest absolute Gasteiger partial charge is 0.497 e. The maximum Gasteiger partial charge on any atom is 0.315 e. The second-order valence-corrected chi connectivity index (χ2v) is 8.08. The van der Waals surface area contributed by atoms with E-state index in [0.29, 0.717) is 39.9 Å². The lowest BCUT2D eigenvalue weighted by molar-refractivity contribution is -0.133. The van der Waals surface area contributed by atoms with Crippen LogP contribution in [-0.4, -0.2) is 34.4 Å². The van der Waals surface area contributed by atoms with E-state index in [4.69, 9.17) is 34.2 Å². The first kappa shape index (κ1) is 25.3. The molecule has 0 radical (unpaired) electrons. The topological polar surface area (TPSA) is 122 Å². The Labute approximate surface area is 214 Å². The minimum atomic E-state index is -0.577. The molecular formula is C28H26N2O7. The molecule has 0 saturated carbocycles. The molecule has 0 fully saturated rings. The summed E-state index contributed by atoms with van der Waals surface area (Å²) >= 11 is 0. The summed E-state index contributed by atoms with van der Waals surface area (Å²) in [7, 11) is 6.12. The molecule has 1 atom stereocenters. The predicted octanol–water partition coefficient (Wildman–Crippen LogP) is 4.09. The number of nitrogens with zero attached hydrogens (tertiary/aromatic N) is 1. The Morgan fingerprint density at radius 3 is 2.14 bits per heavy atom. The number of fused-ring (bicyclic) bond motifs is 1. The van der Waals surface area contributed by atoms with E-state index in [1.807, 2.05) is 0 Å². The number of benzene rings is 3. The molecule has 3 aromatic rings. The summed E-state index contributed by atoms with van der Waals surface area (Å²) in [5.41, 5.74) is 8.49. The average molecular weight is 503 g/mol. The van der Waals surface area contributed by atoms with Gasteiger partial charge in [0.15, 0.2) is 11.5 Å². The van der Waals surface area contributed by atoms with Crippen molar-refractivity contribution in [1.82, 2.24) is 0 Å². The number of nitrogens with two attached hydrogens (primary N) is 1. The van der Waals surface area contributed by atoms with Crippen LogP contribution >= 0.6 is 0 Å². The van der Waals surface area contributed by atoms with Crippen molar-refractivity contribution in [2.45, 2.75) is 12.3 Å². The molecule has 9 heteroatoms. The molecule has 0 amide bonds. The Kier molecular flexibility index (Phi) is 7.39. The van der Waals surface area contributed by atoms with Crippen molar-refractivity contribution in [3.8, 4) is 40.6 Å². The zero-order chi connectivity index (χ0) is 26.5. The number of carbonyl (C=O) groups is 1. The Bertz CT molecular complexity index is 1370. The Morgan fingerprint density at radius 1 is 0.919 bits per heavy atom. The number of hydrogen-bond acceptors (Lipinski definition) is 9. The van der Waals surface area contributed by atoms with Crippen LogP contribution in [0.2, 0.25) is 0 Å². The fourth-order valence-corrected chi connectivity index (χ4v) is 4.19. The average Bonchev–Trinajstić information content (AvgIpc) is 2.91. The van der Waals surface area contributed by atoms with Crippen LogP contribution in [0.25, 0.3) is 0 Å². The van der Waals surface area contributed by atoms with E-state index in [-0.39, 0.29) is 23.6 Å². The highest BCUT2D eigenvalue weighted by Gasteiger charge is 2.32. The van der Waals surface area contributed by atoms with Crippen LogP contribution in [0, 0.1) is 11.3 Å². The summed E-state index contributed by atoms with van der Waals surface area (Å²) < 4.78 is 32.8. The van der Waals surface area contributed by atoms with E-state index >= 15 is 0 Å². The van der Waals surface area contributed by atoms with E-state index in [9.17, 15) is 10.1 Å². The molecule has 2 N–H and O–H groups in total. The van der Waals surface area contributed by atoms with Gasteiger partial charge in [-0.05, 0) is 41.5 Å². The van der Waals surface area contributed by atoms with E-state index in [2.05, 4.69) is 6.07 Å². The highest BCUT2D eigenvalue weighted by molar-refractivity contribution is 5.75. The fraction of sp³-hybridized carbons (Fsp3) is 0.214. The lowest BCUT2D eigenvalue weighted by Gasteiger charge is -2.27. The summed E-state index contributed by atoms with van der Waals surface area (Å²) in [5, 5.41) is 9.89. The molecule has 1 heterocycles. The zero-order valence-electron chi connectivity index (χ0n) is 20.9. The van der Waals surface area contributed by atoms with Gasteiger partial charge in [0.2, 0.25) is 11.6 Å². The van der Waals surface area contributed by atoms with Gasteiger partial charge in [0.1, 0.15) is 28.9 Å². The molecule has 0 bridgehead atoms. The minimum Gasteiger partial charge on any atom is -0.497 e. The first-order valence-electron chi connectivity index (χ1n) is 11.3. The summed E-state index contributed by atoms with van der Waals surface area (Å²) in [4.78, 5) is 12.5. The molecule has 0 spiro atoms. The monoisotopic (exact) mass is 502 g/mol. The third-order valence-corrected chi connectivity index (χ3v) is 5.95. The molecule has 1 aliphatic rings. The van der Waals surface area contributed by atoms with Crippen LogP contribution in [0.3, 0.4) is 0 Å². The number of carbonyl (C=O) groups excluding carboxylic acids is 1. The van der Waals surface area contributed by atoms with Gasteiger partial charge in [-0.3, -0.25) is 4.79 Å². The highest BCUT2D eigenvalue weighted by Crippen LogP contribution is 2.47. The first-order valence-corrected chi connectivity index (χ1v) is 11.3. The molecule has 1 aliphatic heterocycles. The summed E-state index contributed by atoms with van der Waals surface area (Å²) in [6, 6.07) is 17.8. The Balaban J connectivity index is 1.66. The van der Waals surface area contributed by atoms with Gasteiger partial charge >= 0.3 is 5.97 Å². The van der Waals surface area contributed by atoms with Gasteiger partial charge in [0.05, 0.1) is 40.8 Å². The Morgan fingerprint density at radius 2 is 1.57 bits per heavy atom. The smallest absolute Gasteiger partial charge is 0.315 e. The predicted molar refractivity (Wildman–Crippen MR) is 134 cm³/mol. The third kappa shape index (κ3) is 5.09. The molecule has 9 nitrogen and oxygen atoms in total. The standard InChI is InChI=1S/C28H26N2O7/c1-32-18-7-5-16(6-8-18)11-25(31)36-19-9-10-20-22(14-19)37-28(30)21(15-29)26(20)17-12-23(33-2)27(35-4)24(13-17)34-3/h5-10,12-14,26H,11,30H2,1-4H3. The number of ether oxygens (including phenoxy) is 6. The van der Waals surface area contributed by atoms with Gasteiger partial charge in [-0.2, -0.15) is 5.26 Å². The summed E-state index contributed by atoms with van der Waals surface area (Å²) in [6.07, 6.45) is 0.0800.